The number of rotatable bonds is 9. The predicted molar refractivity (Wildman–Crippen MR) is 136 cm³/mol. The molecule has 2 aliphatic heterocycles. The molecule has 18 heteroatoms. The first-order valence-electron chi connectivity index (χ1n) is 11.5. The van der Waals surface area contributed by atoms with Crippen LogP contribution in [0.5, 0.6) is 0 Å². The molecule has 0 spiro atoms. The largest absolute Gasteiger partial charge is 1.00 e. The van der Waals surface area contributed by atoms with E-state index in [1.807, 2.05) is 5.51 Å². The molecule has 1 aliphatic carbocycles. The Morgan fingerprint density at radius 1 is 1.31 bits per heavy atom. The van der Waals surface area contributed by atoms with Gasteiger partial charge in [-0.2, -0.15) is 13.9 Å². The standard InChI is InChI=1S/C21H21N7O7S3.Na.H/c22-21-24-16(26-38-21)13(25-35-6-12(29)30)17(31)23-14-18(32)28-15(20(33)34)9(7-36-19(14)28)5-27-8-37-11-4-2-1-3-10(11)27;;/h8,14,19H,1-7H2,(H4-,22,23,24,26,29,30,31,33,34);;/q;+1;-1/p+1/b25-13+;;/t14-,19-;;/m1../s1. The molecule has 0 unspecified atom stereocenters. The second-order valence-corrected chi connectivity index (χ2v) is 11.4. The average Bonchev–Trinajstić information content (AvgIpc) is 3.50. The van der Waals surface area contributed by atoms with Crippen molar-refractivity contribution >= 4 is 69.2 Å². The molecule has 0 bridgehead atoms. The van der Waals surface area contributed by atoms with Crippen molar-refractivity contribution in [3.63, 3.8) is 0 Å². The van der Waals surface area contributed by atoms with Gasteiger partial charge in [0.1, 0.15) is 17.1 Å². The quantitative estimate of drug-likeness (QED) is 0.0735. The van der Waals surface area contributed by atoms with Gasteiger partial charge in [0.15, 0.2) is 17.4 Å². The maximum absolute atomic E-state index is 13.1. The first kappa shape index (κ1) is 29.4. The molecule has 14 nitrogen and oxygen atoms in total. The van der Waals surface area contributed by atoms with Crippen LogP contribution in [-0.4, -0.2) is 77.7 Å². The molecule has 1 fully saturated rings. The number of nitrogens with zero attached hydrogens (tertiary/aromatic N) is 5. The number of carbonyl (C=O) groups excluding carboxylic acids is 2. The zero-order valence-corrected chi connectivity index (χ0v) is 25.1. The van der Waals surface area contributed by atoms with E-state index in [2.05, 4.69) is 29.2 Å². The van der Waals surface area contributed by atoms with E-state index in [1.165, 1.54) is 27.2 Å². The summed E-state index contributed by atoms with van der Waals surface area (Å²) in [7, 11) is 0. The summed E-state index contributed by atoms with van der Waals surface area (Å²) in [5.74, 6) is -3.82. The van der Waals surface area contributed by atoms with Crippen LogP contribution in [0.2, 0.25) is 0 Å². The Labute approximate surface area is 257 Å². The SMILES string of the molecule is Nc1nc(/C(=N\OCC(=O)O)C(=O)N[C@@H]2C(=O)N3C(C(=O)O)=C(C[n+]4csc5c4CCCC5)CS[C@H]23)ns1.[H-].[Na+]. The van der Waals surface area contributed by atoms with E-state index in [4.69, 9.17) is 10.8 Å². The van der Waals surface area contributed by atoms with Crippen molar-refractivity contribution in [2.24, 2.45) is 5.16 Å². The smallest absolute Gasteiger partial charge is 1.00 e. The van der Waals surface area contributed by atoms with Gasteiger partial charge < -0.3 is 27.5 Å². The van der Waals surface area contributed by atoms with Gasteiger partial charge in [0.05, 0.1) is 4.88 Å². The molecule has 2 amide bonds. The maximum atomic E-state index is 13.1. The van der Waals surface area contributed by atoms with Crippen molar-refractivity contribution in [1.82, 2.24) is 19.6 Å². The fraction of sp³-hybridized carbons (Fsp3) is 0.429. The van der Waals surface area contributed by atoms with Crippen molar-refractivity contribution in [2.75, 3.05) is 18.1 Å². The Balaban J connectivity index is 0.00000220. The molecule has 5 rings (SSSR count). The summed E-state index contributed by atoms with van der Waals surface area (Å²) >= 11 is 3.81. The molecule has 0 aromatic carbocycles. The van der Waals surface area contributed by atoms with Crippen LogP contribution in [0.4, 0.5) is 5.13 Å². The maximum Gasteiger partial charge on any atom is 1.00 e. The van der Waals surface area contributed by atoms with E-state index in [1.54, 1.807) is 11.3 Å². The molecule has 0 saturated carbocycles. The fourth-order valence-corrected chi connectivity index (χ4v) is 7.35. The number of aryl methyl sites for hydroxylation is 1. The number of thioether (sulfide) groups is 1. The zero-order valence-electron chi connectivity index (χ0n) is 21.7. The number of aliphatic carboxylic acids is 2. The van der Waals surface area contributed by atoms with E-state index in [0.717, 1.165) is 37.2 Å². The Bertz CT molecular complexity index is 1400. The molecule has 39 heavy (non-hydrogen) atoms. The summed E-state index contributed by atoms with van der Waals surface area (Å²) in [5.41, 5.74) is 8.91. The minimum absolute atomic E-state index is 0. The number of hydrogen-bond acceptors (Lipinski definition) is 12. The minimum atomic E-state index is -1.31. The van der Waals surface area contributed by atoms with Crippen molar-refractivity contribution in [3.05, 3.63) is 33.2 Å². The molecule has 5 N–H and O–H groups in total. The van der Waals surface area contributed by atoms with Gasteiger partial charge in [0.2, 0.25) is 23.7 Å². The summed E-state index contributed by atoms with van der Waals surface area (Å²) in [6.07, 6.45) is 4.21. The van der Waals surface area contributed by atoms with Gasteiger partial charge in [-0.3, -0.25) is 14.5 Å². The average molecular weight is 605 g/mol. The molecule has 202 valence electrons. The van der Waals surface area contributed by atoms with Gasteiger partial charge in [0, 0.05) is 29.3 Å². The summed E-state index contributed by atoms with van der Waals surface area (Å²) in [5, 5.41) is 24.2. The number of carboxylic acid groups (broad SMARTS) is 2. The monoisotopic (exact) mass is 604 g/mol. The summed E-state index contributed by atoms with van der Waals surface area (Å²) < 4.78 is 5.97. The number of fused-ring (bicyclic) bond motifs is 2. The summed E-state index contributed by atoms with van der Waals surface area (Å²) in [6, 6.07) is -1.04. The molecule has 2 aromatic heterocycles. The number of nitrogen functional groups attached to an aromatic ring is 1. The number of amides is 2. The number of hydrogen-bond donors (Lipinski definition) is 4. The van der Waals surface area contributed by atoms with Gasteiger partial charge in [-0.25, -0.2) is 9.59 Å². The van der Waals surface area contributed by atoms with Crippen LogP contribution in [0.3, 0.4) is 0 Å². The van der Waals surface area contributed by atoms with E-state index in [0.29, 0.717) is 17.9 Å². The molecule has 4 heterocycles. The summed E-state index contributed by atoms with van der Waals surface area (Å²) in [4.78, 5) is 60.2. The van der Waals surface area contributed by atoms with Gasteiger partial charge in [-0.05, 0) is 19.3 Å². The van der Waals surface area contributed by atoms with Gasteiger partial charge in [-0.1, -0.05) is 16.5 Å². The third kappa shape index (κ3) is 5.97. The van der Waals surface area contributed by atoms with Crippen LogP contribution >= 0.6 is 34.6 Å². The van der Waals surface area contributed by atoms with E-state index in [9.17, 15) is 24.3 Å². The molecule has 2 atom stereocenters. The Morgan fingerprint density at radius 3 is 2.77 bits per heavy atom. The minimum Gasteiger partial charge on any atom is -1.00 e. The molecule has 1 saturated heterocycles. The van der Waals surface area contributed by atoms with Crippen LogP contribution in [-0.2, 0) is 43.4 Å². The Hall–Kier alpha value is -2.57. The van der Waals surface area contributed by atoms with Crippen LogP contribution in [0.15, 0.2) is 21.9 Å². The predicted octanol–water partition coefficient (Wildman–Crippen LogP) is -3.29. The van der Waals surface area contributed by atoms with Crippen LogP contribution < -0.4 is 45.2 Å². The Kier molecular flexibility index (Phi) is 9.28. The molecular weight excluding hydrogens is 581 g/mol. The number of nitrogens with one attached hydrogen (secondary N) is 1. The van der Waals surface area contributed by atoms with Crippen molar-refractivity contribution < 1.29 is 69.8 Å². The molecule has 2 aromatic rings. The fourth-order valence-electron chi connectivity index (χ4n) is 4.50. The zero-order chi connectivity index (χ0) is 27.0. The van der Waals surface area contributed by atoms with E-state index in [-0.39, 0.29) is 47.6 Å². The number of carbonyl (C=O) groups is 4. The topological polar surface area (TPSA) is 201 Å². The van der Waals surface area contributed by atoms with Crippen LogP contribution in [0.25, 0.3) is 0 Å². The number of oxime groups is 1. The number of thiazole rings is 1. The molecular formula is C21H23N7NaO7S3+. The first-order valence-corrected chi connectivity index (χ1v) is 14.2. The number of anilines is 1. The first-order chi connectivity index (χ1) is 18.2. The van der Waals surface area contributed by atoms with Crippen molar-refractivity contribution in [1.29, 1.82) is 0 Å². The van der Waals surface area contributed by atoms with Gasteiger partial charge in [-0.15, -0.1) is 11.8 Å². The number of aromatic nitrogens is 3. The number of carboxylic acids is 2. The van der Waals surface area contributed by atoms with E-state index < -0.39 is 47.5 Å². The van der Waals surface area contributed by atoms with Gasteiger partial charge >= 0.3 is 41.5 Å². The Morgan fingerprint density at radius 2 is 2.08 bits per heavy atom. The second kappa shape index (κ2) is 12.3. The second-order valence-electron chi connectivity index (χ2n) is 8.61. The van der Waals surface area contributed by atoms with Gasteiger partial charge in [0.25, 0.3) is 11.8 Å². The number of nitrogens with two attached hydrogens (primary N) is 1. The number of β-lactam (4-membered cyclic amide) rings is 1. The molecule has 0 radical (unpaired) electrons. The summed E-state index contributed by atoms with van der Waals surface area (Å²) in [6.45, 7) is -0.436. The van der Waals surface area contributed by atoms with E-state index >= 15 is 0 Å². The van der Waals surface area contributed by atoms with Crippen molar-refractivity contribution in [2.45, 2.75) is 43.6 Å². The third-order valence-electron chi connectivity index (χ3n) is 6.17. The molecule has 3 aliphatic rings. The van der Waals surface area contributed by atoms with Crippen LogP contribution in [0, 0.1) is 0 Å². The normalized spacial score (nSPS) is 20.4. The third-order valence-corrected chi connectivity index (χ3v) is 9.13. The van der Waals surface area contributed by atoms with Crippen molar-refractivity contribution in [3.8, 4) is 0 Å². The van der Waals surface area contributed by atoms with Crippen LogP contribution in [0.1, 0.15) is 30.7 Å².